The van der Waals surface area contributed by atoms with Crippen molar-refractivity contribution in [2.24, 2.45) is 0 Å². The lowest BCUT2D eigenvalue weighted by molar-refractivity contribution is 0.318. The van der Waals surface area contributed by atoms with E-state index in [1.54, 1.807) is 0 Å². The van der Waals surface area contributed by atoms with E-state index < -0.39 is 8.07 Å². The molecule has 2 heterocycles. The lowest BCUT2D eigenvalue weighted by Crippen LogP contribution is -2.55. The molecule has 0 amide bonds. The second kappa shape index (κ2) is 6.15. The van der Waals surface area contributed by atoms with E-state index in [0.29, 0.717) is 11.2 Å². The molecule has 1 aliphatic heterocycles. The highest BCUT2D eigenvalue weighted by Crippen LogP contribution is 2.30. The van der Waals surface area contributed by atoms with Gasteiger partial charge in [0.15, 0.2) is 0 Å². The van der Waals surface area contributed by atoms with Crippen LogP contribution >= 0.6 is 11.6 Å². The van der Waals surface area contributed by atoms with E-state index in [2.05, 4.69) is 66.4 Å². The largest absolute Gasteiger partial charge is 0.299 e. The summed E-state index contributed by atoms with van der Waals surface area (Å²) >= 11 is 6.25. The van der Waals surface area contributed by atoms with Crippen molar-refractivity contribution in [3.63, 3.8) is 0 Å². The zero-order chi connectivity index (χ0) is 15.7. The van der Waals surface area contributed by atoms with Gasteiger partial charge in [-0.15, -0.1) is 0 Å². The summed E-state index contributed by atoms with van der Waals surface area (Å²) in [7, 11) is 0.436. The molecule has 0 aliphatic carbocycles. The second-order valence-corrected chi connectivity index (χ2v) is 11.5. The monoisotopic (exact) mass is 330 g/mol. The van der Waals surface area contributed by atoms with Crippen molar-refractivity contribution in [3.8, 4) is 0 Å². The summed E-state index contributed by atoms with van der Waals surface area (Å²) in [6.07, 6.45) is 4.49. The van der Waals surface area contributed by atoms with Crippen molar-refractivity contribution in [2.45, 2.75) is 32.0 Å². The van der Waals surface area contributed by atoms with Crippen LogP contribution in [0.5, 0.6) is 0 Å². The Morgan fingerprint density at radius 2 is 1.95 bits per heavy atom. The van der Waals surface area contributed by atoms with E-state index in [0.717, 1.165) is 0 Å². The fourth-order valence-electron chi connectivity index (χ4n) is 3.56. The maximum atomic E-state index is 6.25. The molecule has 0 saturated carbocycles. The van der Waals surface area contributed by atoms with Crippen molar-refractivity contribution in [1.82, 2.24) is 9.88 Å². The van der Waals surface area contributed by atoms with Crippen molar-refractivity contribution in [2.75, 3.05) is 13.6 Å². The molecule has 116 valence electrons. The smallest absolute Gasteiger partial charge is 0.128 e. The van der Waals surface area contributed by atoms with Crippen LogP contribution in [0, 0.1) is 0 Å². The third-order valence-electron chi connectivity index (χ3n) is 4.95. The van der Waals surface area contributed by atoms with Gasteiger partial charge in [0.2, 0.25) is 0 Å². The number of benzene rings is 1. The van der Waals surface area contributed by atoms with E-state index in [9.17, 15) is 0 Å². The van der Waals surface area contributed by atoms with Gasteiger partial charge in [-0.1, -0.05) is 60.2 Å². The van der Waals surface area contributed by atoms with E-state index in [4.69, 9.17) is 11.6 Å². The number of likely N-dealkylation sites (tertiary alicyclic amines) is 1. The van der Waals surface area contributed by atoms with Crippen LogP contribution in [0.2, 0.25) is 18.2 Å². The van der Waals surface area contributed by atoms with Crippen LogP contribution in [0.1, 0.15) is 24.4 Å². The molecule has 1 atom stereocenters. The van der Waals surface area contributed by atoms with E-state index in [-0.39, 0.29) is 0 Å². The summed E-state index contributed by atoms with van der Waals surface area (Å²) in [5, 5.41) is 3.48. The fraction of sp³-hybridized carbons (Fsp3) is 0.389. The highest BCUT2D eigenvalue weighted by Gasteiger charge is 2.33. The number of hydrogen-bond donors (Lipinski definition) is 0. The summed E-state index contributed by atoms with van der Waals surface area (Å²) in [4.78, 5) is 6.84. The van der Waals surface area contributed by atoms with Gasteiger partial charge in [-0.05, 0) is 43.3 Å². The number of hydrogen-bond acceptors (Lipinski definition) is 2. The van der Waals surface area contributed by atoms with Gasteiger partial charge in [0, 0.05) is 12.2 Å². The molecule has 0 radical (unpaired) electrons. The molecule has 2 aromatic rings. The number of nitrogens with zero attached hydrogens (tertiary/aromatic N) is 2. The zero-order valence-corrected chi connectivity index (χ0v) is 15.3. The van der Waals surface area contributed by atoms with Crippen molar-refractivity contribution in [1.29, 1.82) is 0 Å². The minimum absolute atomic E-state index is 0.482. The third kappa shape index (κ3) is 2.85. The third-order valence-corrected chi connectivity index (χ3v) is 8.71. The van der Waals surface area contributed by atoms with E-state index in [1.165, 1.54) is 35.3 Å². The maximum Gasteiger partial charge on any atom is 0.128 e. The summed E-state index contributed by atoms with van der Waals surface area (Å²) in [5.74, 6) is 0. The molecule has 0 N–H and O–H groups in total. The molecule has 1 saturated heterocycles. The minimum atomic E-state index is -1.78. The van der Waals surface area contributed by atoms with E-state index >= 15 is 0 Å². The Balaban J connectivity index is 2.11. The molecule has 0 bridgehead atoms. The Morgan fingerprint density at radius 1 is 1.23 bits per heavy atom. The van der Waals surface area contributed by atoms with Crippen LogP contribution in [0.15, 0.2) is 42.6 Å². The lowest BCUT2D eigenvalue weighted by atomic mass is 10.1. The molecule has 1 fully saturated rings. The molecule has 22 heavy (non-hydrogen) atoms. The van der Waals surface area contributed by atoms with Crippen molar-refractivity contribution in [3.05, 3.63) is 53.3 Å². The molecular weight excluding hydrogens is 308 g/mol. The molecule has 3 rings (SSSR count). The minimum Gasteiger partial charge on any atom is -0.299 e. The van der Waals surface area contributed by atoms with Gasteiger partial charge in [-0.25, -0.2) is 4.98 Å². The number of rotatable bonds is 3. The van der Waals surface area contributed by atoms with Gasteiger partial charge >= 0.3 is 0 Å². The molecular formula is C18H23ClN2Si. The molecule has 1 aromatic carbocycles. The average Bonchev–Trinajstić information content (AvgIpc) is 2.94. The SMILES string of the molecule is CN1CCC[C@H]1c1cnc(Cl)cc1[Si](C)(C)c1ccccc1. The molecule has 0 spiro atoms. The zero-order valence-electron chi connectivity index (χ0n) is 13.5. The van der Waals surface area contributed by atoms with Gasteiger partial charge in [0.1, 0.15) is 13.2 Å². The van der Waals surface area contributed by atoms with Crippen molar-refractivity contribution < 1.29 is 0 Å². The molecule has 1 aromatic heterocycles. The quantitative estimate of drug-likeness (QED) is 0.634. The average molecular weight is 331 g/mol. The van der Waals surface area contributed by atoms with Crippen molar-refractivity contribution >= 4 is 30.0 Å². The fourth-order valence-corrected chi connectivity index (χ4v) is 6.60. The van der Waals surface area contributed by atoms with Crippen LogP contribution in [-0.2, 0) is 0 Å². The van der Waals surface area contributed by atoms with Gasteiger partial charge in [-0.2, -0.15) is 0 Å². The topological polar surface area (TPSA) is 16.1 Å². The predicted octanol–water partition coefficient (Wildman–Crippen LogP) is 3.32. The highest BCUT2D eigenvalue weighted by molar-refractivity contribution is 7.00. The normalized spacial score (nSPS) is 19.5. The Bertz CT molecular complexity index is 657. The summed E-state index contributed by atoms with van der Waals surface area (Å²) in [6, 6.07) is 13.4. The Morgan fingerprint density at radius 3 is 2.59 bits per heavy atom. The highest BCUT2D eigenvalue weighted by atomic mass is 35.5. The van der Waals surface area contributed by atoms with Gasteiger partial charge in [-0.3, -0.25) is 4.90 Å². The Labute approximate surface area is 139 Å². The molecule has 2 nitrogen and oxygen atoms in total. The standard InChI is InChI=1S/C18H23ClN2Si/c1-21-11-7-10-16(21)15-13-20-18(19)12-17(15)22(2,3)14-8-5-4-6-9-14/h4-6,8-9,12-13,16H,7,10-11H2,1-3H3/t16-/m0/s1. The van der Waals surface area contributed by atoms with Crippen LogP contribution in [0.25, 0.3) is 0 Å². The molecule has 1 aliphatic rings. The first-order valence-electron chi connectivity index (χ1n) is 7.92. The number of aromatic nitrogens is 1. The maximum absolute atomic E-state index is 6.25. The summed E-state index contributed by atoms with van der Waals surface area (Å²) < 4.78 is 0. The molecule has 0 unspecified atom stereocenters. The van der Waals surface area contributed by atoms with Gasteiger partial charge in [0.05, 0.1) is 0 Å². The number of halogens is 1. The Kier molecular flexibility index (Phi) is 4.39. The first-order valence-corrected chi connectivity index (χ1v) is 11.3. The van der Waals surface area contributed by atoms with Gasteiger partial charge < -0.3 is 0 Å². The van der Waals surface area contributed by atoms with E-state index in [1.807, 2.05) is 6.20 Å². The van der Waals surface area contributed by atoms with Gasteiger partial charge in [0.25, 0.3) is 0 Å². The first kappa shape index (κ1) is 15.7. The lowest BCUT2D eigenvalue weighted by Gasteiger charge is -2.30. The number of pyridine rings is 1. The summed E-state index contributed by atoms with van der Waals surface area (Å²) in [5.41, 5.74) is 1.38. The summed E-state index contributed by atoms with van der Waals surface area (Å²) in [6.45, 7) is 5.99. The molecule has 4 heteroatoms. The first-order chi connectivity index (χ1) is 10.5. The van der Waals surface area contributed by atoms with Crippen LogP contribution in [-0.4, -0.2) is 31.6 Å². The van der Waals surface area contributed by atoms with Crippen LogP contribution in [0.3, 0.4) is 0 Å². The van der Waals surface area contributed by atoms with Crippen LogP contribution in [0.4, 0.5) is 0 Å². The predicted molar refractivity (Wildman–Crippen MR) is 97.0 cm³/mol. The Hall–Kier alpha value is -1.16. The van der Waals surface area contributed by atoms with Crippen LogP contribution < -0.4 is 10.4 Å². The second-order valence-electron chi connectivity index (χ2n) is 6.72.